The highest BCUT2D eigenvalue weighted by molar-refractivity contribution is 5.92. The van der Waals surface area contributed by atoms with Crippen LogP contribution in [0.5, 0.6) is 0 Å². The van der Waals surface area contributed by atoms with Gasteiger partial charge in [0.25, 0.3) is 0 Å². The molecule has 0 spiro atoms. The lowest BCUT2D eigenvalue weighted by Gasteiger charge is -2.39. The molecule has 1 aromatic rings. The summed E-state index contributed by atoms with van der Waals surface area (Å²) in [4.78, 5) is 26.7. The van der Waals surface area contributed by atoms with Gasteiger partial charge in [-0.2, -0.15) is 0 Å². The Hall–Kier alpha value is -2.43. The minimum atomic E-state index is 0.131. The largest absolute Gasteiger partial charge is 0.342 e. The molecule has 0 radical (unpaired) electrons. The fourth-order valence-corrected chi connectivity index (χ4v) is 4.84. The highest BCUT2D eigenvalue weighted by Gasteiger charge is 2.33. The van der Waals surface area contributed by atoms with Crippen LogP contribution in [-0.2, 0) is 4.79 Å². The number of pyridine rings is 1. The van der Waals surface area contributed by atoms with Gasteiger partial charge in [0.2, 0.25) is 5.96 Å². The minimum absolute atomic E-state index is 0.131. The Morgan fingerprint density at radius 3 is 2.45 bits per heavy atom. The summed E-state index contributed by atoms with van der Waals surface area (Å²) in [5.74, 6) is 1.81. The number of likely N-dealkylation sites (N-methyl/N-ethyl adjacent to an activating group) is 1. The Balaban J connectivity index is 1.52. The summed E-state index contributed by atoms with van der Waals surface area (Å²) >= 11 is 0. The van der Waals surface area contributed by atoms with Crippen LogP contribution in [0.2, 0.25) is 0 Å². The van der Waals surface area contributed by atoms with Crippen molar-refractivity contribution in [3.8, 4) is 0 Å². The minimum Gasteiger partial charge on any atom is -0.342 e. The lowest BCUT2D eigenvalue weighted by atomic mass is 9.83. The zero-order valence-corrected chi connectivity index (χ0v) is 17.5. The molecule has 3 aliphatic rings. The number of rotatable bonds is 3. The van der Waals surface area contributed by atoms with Gasteiger partial charge in [0.15, 0.2) is 0 Å². The van der Waals surface area contributed by atoms with Crippen molar-refractivity contribution in [3.05, 3.63) is 48.4 Å². The van der Waals surface area contributed by atoms with Crippen molar-refractivity contribution in [1.82, 2.24) is 14.8 Å². The first kappa shape index (κ1) is 19.9. The van der Waals surface area contributed by atoms with E-state index < -0.39 is 0 Å². The van der Waals surface area contributed by atoms with Crippen molar-refractivity contribution >= 4 is 17.4 Å². The molecule has 1 saturated heterocycles. The Kier molecular flexibility index (Phi) is 6.12. The van der Waals surface area contributed by atoms with Gasteiger partial charge in [-0.05, 0) is 43.9 Å². The molecule has 1 unspecified atom stereocenters. The molecule has 0 N–H and O–H groups in total. The molecule has 1 atom stereocenters. The number of Topliss-reactive ketones (excluding diaryl/α,β-unsaturated/α-hetero) is 1. The van der Waals surface area contributed by atoms with E-state index in [1.54, 1.807) is 12.4 Å². The summed E-state index contributed by atoms with van der Waals surface area (Å²) in [7, 11) is 2.01. The maximum Gasteiger partial charge on any atom is 0.206 e. The van der Waals surface area contributed by atoms with E-state index in [4.69, 9.17) is 4.99 Å². The molecular formula is C24H32N4O. The molecular weight excluding hydrogens is 360 g/mol. The van der Waals surface area contributed by atoms with Gasteiger partial charge >= 0.3 is 0 Å². The number of aromatic nitrogens is 1. The van der Waals surface area contributed by atoms with Crippen LogP contribution in [0.15, 0.2) is 47.9 Å². The van der Waals surface area contributed by atoms with Gasteiger partial charge in [-0.25, -0.2) is 4.99 Å². The maximum absolute atomic E-state index is 13.2. The van der Waals surface area contributed by atoms with E-state index in [1.165, 1.54) is 25.7 Å². The van der Waals surface area contributed by atoms with Crippen LogP contribution in [0.3, 0.4) is 0 Å². The van der Waals surface area contributed by atoms with E-state index in [9.17, 15) is 4.79 Å². The number of hydrogen-bond acceptors (Lipinski definition) is 5. The fraction of sp³-hybridized carbons (Fsp3) is 0.542. The summed E-state index contributed by atoms with van der Waals surface area (Å²) < 4.78 is 0. The van der Waals surface area contributed by atoms with Crippen LogP contribution >= 0.6 is 0 Å². The molecule has 1 aliphatic carbocycles. The fourth-order valence-electron chi connectivity index (χ4n) is 4.84. The third-order valence-electron chi connectivity index (χ3n) is 6.59. The number of aliphatic imine (C=N–C) groups is 1. The summed E-state index contributed by atoms with van der Waals surface area (Å²) in [6.07, 6.45) is 14.8. The number of piperidine rings is 1. The lowest BCUT2D eigenvalue weighted by molar-refractivity contribution is -0.128. The van der Waals surface area contributed by atoms with E-state index in [-0.39, 0.29) is 11.8 Å². The van der Waals surface area contributed by atoms with Crippen LogP contribution in [0.25, 0.3) is 5.70 Å². The van der Waals surface area contributed by atoms with E-state index in [0.717, 1.165) is 61.7 Å². The van der Waals surface area contributed by atoms with Crippen molar-refractivity contribution in [2.45, 2.75) is 51.4 Å². The predicted octanol–water partition coefficient (Wildman–Crippen LogP) is 4.49. The van der Waals surface area contributed by atoms with Gasteiger partial charge in [-0.15, -0.1) is 0 Å². The molecule has 29 heavy (non-hydrogen) atoms. The number of guanidine groups is 1. The number of hydrogen-bond donors (Lipinski definition) is 0. The zero-order chi connectivity index (χ0) is 20.2. The molecule has 2 aliphatic heterocycles. The third kappa shape index (κ3) is 4.44. The molecule has 5 nitrogen and oxygen atoms in total. The second-order valence-corrected chi connectivity index (χ2v) is 8.60. The molecule has 1 aromatic heterocycles. The lowest BCUT2D eigenvalue weighted by Crippen LogP contribution is -2.49. The quantitative estimate of drug-likeness (QED) is 0.711. The van der Waals surface area contributed by atoms with Crippen LogP contribution in [0, 0.1) is 11.8 Å². The summed E-state index contributed by atoms with van der Waals surface area (Å²) in [6, 6.07) is 3.94. The van der Waals surface area contributed by atoms with Crippen molar-refractivity contribution in [3.63, 3.8) is 0 Å². The second-order valence-electron chi connectivity index (χ2n) is 8.60. The first-order valence-corrected chi connectivity index (χ1v) is 11.1. The molecule has 154 valence electrons. The standard InChI is InChI=1S/C24H32N4O/c1-18-16-22(19-11-13-25-14-12-19)26-24(27(18)2)28-15-7-10-21(17-28)23(29)20-8-5-3-4-6-9-20/h11-14,16,20-21H,1,3-10,15,17H2,2H3. The summed E-state index contributed by atoms with van der Waals surface area (Å²) in [5, 5.41) is 0. The molecule has 2 fully saturated rings. The van der Waals surface area contributed by atoms with Gasteiger partial charge in [0.1, 0.15) is 5.78 Å². The first-order valence-electron chi connectivity index (χ1n) is 11.1. The smallest absolute Gasteiger partial charge is 0.206 e. The van der Waals surface area contributed by atoms with Gasteiger partial charge < -0.3 is 9.80 Å². The molecule has 3 heterocycles. The highest BCUT2D eigenvalue weighted by atomic mass is 16.1. The number of nitrogens with zero attached hydrogens (tertiary/aromatic N) is 4. The third-order valence-corrected chi connectivity index (χ3v) is 6.59. The number of ketones is 1. The van der Waals surface area contributed by atoms with Gasteiger partial charge in [0.05, 0.1) is 5.70 Å². The van der Waals surface area contributed by atoms with Gasteiger partial charge in [0, 0.05) is 55.6 Å². The summed E-state index contributed by atoms with van der Waals surface area (Å²) in [5.41, 5.74) is 2.86. The molecule has 4 rings (SSSR count). The van der Waals surface area contributed by atoms with Crippen molar-refractivity contribution in [1.29, 1.82) is 0 Å². The predicted molar refractivity (Wildman–Crippen MR) is 117 cm³/mol. The topological polar surface area (TPSA) is 48.8 Å². The van der Waals surface area contributed by atoms with E-state index in [2.05, 4.69) is 16.5 Å². The molecule has 0 amide bonds. The van der Waals surface area contributed by atoms with Crippen molar-refractivity contribution in [2.24, 2.45) is 16.8 Å². The maximum atomic E-state index is 13.2. The molecule has 0 bridgehead atoms. The van der Waals surface area contributed by atoms with Gasteiger partial charge in [-0.3, -0.25) is 9.78 Å². The van der Waals surface area contributed by atoms with Crippen LogP contribution in [-0.4, -0.2) is 46.7 Å². The summed E-state index contributed by atoms with van der Waals surface area (Å²) in [6.45, 7) is 5.93. The van der Waals surface area contributed by atoms with Crippen molar-refractivity contribution < 1.29 is 4.79 Å². The number of allylic oxidation sites excluding steroid dienone is 1. The highest BCUT2D eigenvalue weighted by Crippen LogP contribution is 2.31. The SMILES string of the molecule is C=C1C=C(c2ccncc2)N=C(N2CCCC(C(=O)C3CCCCCC3)C2)N1C. The Morgan fingerprint density at radius 2 is 1.72 bits per heavy atom. The average Bonchev–Trinajstić information content (AvgIpc) is 3.05. The normalized spacial score (nSPS) is 24.0. The molecule has 0 aromatic carbocycles. The Labute approximate surface area is 174 Å². The molecule has 5 heteroatoms. The number of carbonyl (C=O) groups is 1. The van der Waals surface area contributed by atoms with E-state index in [1.807, 2.05) is 30.2 Å². The van der Waals surface area contributed by atoms with E-state index in [0.29, 0.717) is 5.78 Å². The molecule has 1 saturated carbocycles. The Morgan fingerprint density at radius 1 is 1.03 bits per heavy atom. The monoisotopic (exact) mass is 392 g/mol. The number of carbonyl (C=O) groups excluding carboxylic acids is 1. The first-order chi connectivity index (χ1) is 14.1. The second kappa shape index (κ2) is 8.93. The van der Waals surface area contributed by atoms with Crippen LogP contribution in [0.1, 0.15) is 56.9 Å². The van der Waals surface area contributed by atoms with Crippen LogP contribution < -0.4 is 0 Å². The van der Waals surface area contributed by atoms with E-state index >= 15 is 0 Å². The van der Waals surface area contributed by atoms with Crippen molar-refractivity contribution in [2.75, 3.05) is 20.1 Å². The van der Waals surface area contributed by atoms with Gasteiger partial charge in [-0.1, -0.05) is 32.3 Å². The Bertz CT molecular complexity index is 805. The number of likely N-dealkylation sites (tertiary alicyclic amines) is 1. The zero-order valence-electron chi connectivity index (χ0n) is 17.5. The average molecular weight is 393 g/mol. The van der Waals surface area contributed by atoms with Crippen LogP contribution in [0.4, 0.5) is 0 Å².